The quantitative estimate of drug-likeness (QED) is 0.664. The molecule has 1 aliphatic heterocycles. The smallest absolute Gasteiger partial charge is 0.227 e. The van der Waals surface area contributed by atoms with Gasteiger partial charge in [0.2, 0.25) is 5.91 Å². The minimum atomic E-state index is 0.000993. The van der Waals surface area contributed by atoms with Crippen LogP contribution in [0.4, 0.5) is 11.5 Å². The Morgan fingerprint density at radius 3 is 3.00 bits per heavy atom. The number of aromatic nitrogens is 1. The van der Waals surface area contributed by atoms with Crippen LogP contribution in [0.15, 0.2) is 16.7 Å². The number of nitrogens with one attached hydrogen (secondary N) is 2. The van der Waals surface area contributed by atoms with E-state index in [1.165, 1.54) is 0 Å². The summed E-state index contributed by atoms with van der Waals surface area (Å²) in [6, 6.07) is 1.90. The lowest BCUT2D eigenvalue weighted by Crippen LogP contribution is -2.11. The van der Waals surface area contributed by atoms with Crippen molar-refractivity contribution in [2.75, 3.05) is 24.3 Å². The van der Waals surface area contributed by atoms with Crippen molar-refractivity contribution in [3.8, 4) is 0 Å². The lowest BCUT2D eigenvalue weighted by atomic mass is 10.4. The summed E-state index contributed by atoms with van der Waals surface area (Å²) in [6.07, 6.45) is 2.14. The molecule has 1 aromatic heterocycles. The molecule has 0 unspecified atom stereocenters. The molecule has 0 aliphatic carbocycles. The van der Waals surface area contributed by atoms with E-state index in [1.54, 1.807) is 6.20 Å². The lowest BCUT2D eigenvalue weighted by Gasteiger charge is -2.05. The van der Waals surface area contributed by atoms with Crippen LogP contribution in [0.25, 0.3) is 0 Å². The van der Waals surface area contributed by atoms with Crippen molar-refractivity contribution >= 4 is 33.3 Å². The predicted octanol–water partition coefficient (Wildman–Crippen LogP) is 1.21. The second kappa shape index (κ2) is 5.67. The molecular weight excluding hydrogens is 262 g/mol. The fraction of sp³-hybridized carbons (Fsp3) is 0.333. The number of halogens is 1. The Balaban J connectivity index is 0.000000531. The summed E-state index contributed by atoms with van der Waals surface area (Å²) in [5.41, 5.74) is 0.861. The number of carbonyl (C=O) groups excluding carboxylic acids is 1. The summed E-state index contributed by atoms with van der Waals surface area (Å²) >= 11 is 3.32. The Morgan fingerprint density at radius 2 is 2.27 bits per heavy atom. The average Bonchev–Trinajstić information content (AvgIpc) is 2.42. The van der Waals surface area contributed by atoms with Crippen LogP contribution in [0.3, 0.4) is 0 Å². The van der Waals surface area contributed by atoms with Crippen molar-refractivity contribution in [1.82, 2.24) is 4.98 Å². The third-order valence-corrected chi connectivity index (χ3v) is 2.21. The molecule has 15 heavy (non-hydrogen) atoms. The van der Waals surface area contributed by atoms with E-state index in [1.807, 2.05) is 6.07 Å². The Hall–Kier alpha value is -1.14. The summed E-state index contributed by atoms with van der Waals surface area (Å²) in [5.74, 6) is 0.603. The fourth-order valence-corrected chi connectivity index (χ4v) is 1.51. The number of amides is 1. The Bertz CT molecular complexity index is 357. The Morgan fingerprint density at radius 1 is 1.53 bits per heavy atom. The molecule has 0 bridgehead atoms. The van der Waals surface area contributed by atoms with Crippen molar-refractivity contribution in [2.45, 2.75) is 6.42 Å². The van der Waals surface area contributed by atoms with Crippen LogP contribution >= 0.6 is 15.9 Å². The van der Waals surface area contributed by atoms with Gasteiger partial charge >= 0.3 is 0 Å². The molecule has 1 aromatic rings. The van der Waals surface area contributed by atoms with Crippen molar-refractivity contribution in [3.63, 3.8) is 0 Å². The number of fused-ring (bicyclic) bond motifs is 1. The number of hydrogen-bond donors (Lipinski definition) is 3. The minimum Gasteiger partial charge on any atom is -0.400 e. The summed E-state index contributed by atoms with van der Waals surface area (Å²) < 4.78 is 0.898. The zero-order valence-electron chi connectivity index (χ0n) is 8.25. The Kier molecular flexibility index (Phi) is 4.51. The van der Waals surface area contributed by atoms with E-state index in [9.17, 15) is 4.79 Å². The minimum absolute atomic E-state index is 0.000993. The molecule has 0 fully saturated rings. The van der Waals surface area contributed by atoms with Gasteiger partial charge in [-0.2, -0.15) is 0 Å². The topological polar surface area (TPSA) is 74.2 Å². The van der Waals surface area contributed by atoms with Crippen LogP contribution in [-0.2, 0) is 4.79 Å². The van der Waals surface area contributed by atoms with Gasteiger partial charge < -0.3 is 15.7 Å². The average molecular weight is 274 g/mol. The zero-order valence-corrected chi connectivity index (χ0v) is 9.84. The van der Waals surface area contributed by atoms with E-state index in [4.69, 9.17) is 5.11 Å². The maximum absolute atomic E-state index is 11.1. The molecule has 0 saturated heterocycles. The van der Waals surface area contributed by atoms with Crippen molar-refractivity contribution < 1.29 is 9.90 Å². The number of nitrogens with zero attached hydrogens (tertiary/aromatic N) is 1. The van der Waals surface area contributed by atoms with E-state index in [0.717, 1.165) is 17.3 Å². The van der Waals surface area contributed by atoms with E-state index in [-0.39, 0.29) is 5.91 Å². The standard InChI is InChI=1S/C8H8BrN3O.CH4O/c9-5-3-6-8(11-4-5)12-7(13)1-2-10-6;1-2/h3-4,10H,1-2H2,(H,11,12,13);2H,1H3. The molecule has 82 valence electrons. The van der Waals surface area contributed by atoms with Gasteiger partial charge in [0, 0.05) is 30.7 Å². The molecule has 0 atom stereocenters. The molecule has 6 heteroatoms. The highest BCUT2D eigenvalue weighted by atomic mass is 79.9. The second-order valence-corrected chi connectivity index (χ2v) is 3.69. The summed E-state index contributed by atoms with van der Waals surface area (Å²) in [6.45, 7) is 0.650. The number of hydrogen-bond acceptors (Lipinski definition) is 4. The summed E-state index contributed by atoms with van der Waals surface area (Å²) in [4.78, 5) is 15.2. The fourth-order valence-electron chi connectivity index (χ4n) is 1.18. The molecule has 0 saturated carbocycles. The van der Waals surface area contributed by atoms with Gasteiger partial charge in [-0.25, -0.2) is 4.98 Å². The van der Waals surface area contributed by atoms with Crippen molar-refractivity contribution in [2.24, 2.45) is 0 Å². The van der Waals surface area contributed by atoms with Crippen LogP contribution in [0.1, 0.15) is 6.42 Å². The first-order chi connectivity index (χ1) is 7.25. The van der Waals surface area contributed by atoms with E-state index in [2.05, 4.69) is 31.5 Å². The SMILES string of the molecule is CO.O=C1CCNc2cc(Br)cnc2N1. The van der Waals surface area contributed by atoms with Gasteiger partial charge in [0.25, 0.3) is 0 Å². The normalized spacial score (nSPS) is 13.7. The number of anilines is 2. The van der Waals surface area contributed by atoms with E-state index < -0.39 is 0 Å². The van der Waals surface area contributed by atoms with E-state index in [0.29, 0.717) is 18.8 Å². The maximum atomic E-state index is 11.1. The molecule has 0 aromatic carbocycles. The first-order valence-corrected chi connectivity index (χ1v) is 5.19. The number of carbonyl (C=O) groups is 1. The molecule has 2 heterocycles. The van der Waals surface area contributed by atoms with Gasteiger partial charge in [-0.05, 0) is 22.0 Å². The molecule has 5 nitrogen and oxygen atoms in total. The molecule has 3 N–H and O–H groups in total. The molecule has 0 radical (unpaired) electrons. The first kappa shape index (κ1) is 11.9. The monoisotopic (exact) mass is 273 g/mol. The van der Waals surface area contributed by atoms with Crippen LogP contribution in [0.2, 0.25) is 0 Å². The predicted molar refractivity (Wildman–Crippen MR) is 61.8 cm³/mol. The highest BCUT2D eigenvalue weighted by Gasteiger charge is 2.12. The largest absolute Gasteiger partial charge is 0.400 e. The highest BCUT2D eigenvalue weighted by molar-refractivity contribution is 9.10. The third kappa shape index (κ3) is 3.17. The number of aliphatic hydroxyl groups is 1. The molecule has 1 aliphatic rings. The number of aliphatic hydroxyl groups excluding tert-OH is 1. The molecule has 0 spiro atoms. The van der Waals surface area contributed by atoms with Crippen LogP contribution in [-0.4, -0.2) is 29.7 Å². The lowest BCUT2D eigenvalue weighted by molar-refractivity contribution is -0.115. The Labute approximate surface area is 96.0 Å². The zero-order chi connectivity index (χ0) is 11.3. The van der Waals surface area contributed by atoms with Crippen molar-refractivity contribution in [3.05, 3.63) is 16.7 Å². The maximum Gasteiger partial charge on any atom is 0.227 e. The van der Waals surface area contributed by atoms with E-state index >= 15 is 0 Å². The van der Waals surface area contributed by atoms with Crippen LogP contribution < -0.4 is 10.6 Å². The second-order valence-electron chi connectivity index (χ2n) is 2.77. The van der Waals surface area contributed by atoms with Gasteiger partial charge in [0.05, 0.1) is 5.69 Å². The van der Waals surface area contributed by atoms with Gasteiger partial charge in [-0.1, -0.05) is 0 Å². The number of rotatable bonds is 0. The van der Waals surface area contributed by atoms with Crippen LogP contribution in [0.5, 0.6) is 0 Å². The molecule has 1 amide bonds. The van der Waals surface area contributed by atoms with Gasteiger partial charge in [-0.3, -0.25) is 4.79 Å². The third-order valence-electron chi connectivity index (χ3n) is 1.78. The number of pyridine rings is 1. The summed E-state index contributed by atoms with van der Waals surface area (Å²) in [5, 5.41) is 12.8. The van der Waals surface area contributed by atoms with Gasteiger partial charge in [0.1, 0.15) is 0 Å². The molecule has 2 rings (SSSR count). The van der Waals surface area contributed by atoms with Gasteiger partial charge in [0.15, 0.2) is 5.82 Å². The first-order valence-electron chi connectivity index (χ1n) is 4.40. The van der Waals surface area contributed by atoms with Gasteiger partial charge in [-0.15, -0.1) is 0 Å². The molecular formula is C9H12BrN3O2. The van der Waals surface area contributed by atoms with Crippen molar-refractivity contribution in [1.29, 1.82) is 0 Å². The van der Waals surface area contributed by atoms with Crippen LogP contribution in [0, 0.1) is 0 Å². The highest BCUT2D eigenvalue weighted by Crippen LogP contribution is 2.24. The summed E-state index contributed by atoms with van der Waals surface area (Å²) in [7, 11) is 1.00.